The Morgan fingerprint density at radius 3 is 0.557 bits per heavy atom. The Morgan fingerprint density at radius 2 is 0.434 bits per heavy atom. The smallest absolute Gasteiger partial charge is 2.00 e. The number of hydrogen-bond acceptors (Lipinski definition) is 20. The van der Waals surface area contributed by atoms with Crippen molar-refractivity contribution in [2.24, 2.45) is 30.0 Å². The number of rotatable bonds is 24. The molecule has 6 heterocycles. The van der Waals surface area contributed by atoms with E-state index >= 15 is 0 Å². The fourth-order valence-electron chi connectivity index (χ4n) is 14.1. The molecule has 0 spiro atoms. The fourth-order valence-corrected chi connectivity index (χ4v) is 14.1. The Hall–Kier alpha value is -6.02. The summed E-state index contributed by atoms with van der Waals surface area (Å²) < 4.78 is 118. The van der Waals surface area contributed by atoms with Crippen LogP contribution in [0.4, 0.5) is 26.3 Å². The molecule has 22 nitrogen and oxygen atoms in total. The van der Waals surface area contributed by atoms with Crippen LogP contribution in [0.15, 0.2) is 174 Å². The molecule has 32 heteroatoms. The van der Waals surface area contributed by atoms with Crippen LogP contribution in [0.1, 0.15) is 193 Å². The maximum Gasteiger partial charge on any atom is 3.00 e. The van der Waals surface area contributed by atoms with Gasteiger partial charge in [0.15, 0.2) is 20.2 Å². The van der Waals surface area contributed by atoms with Gasteiger partial charge < -0.3 is 52.0 Å². The van der Waals surface area contributed by atoms with Crippen LogP contribution in [0.5, 0.6) is 0 Å². The zero-order chi connectivity index (χ0) is 72.2. The van der Waals surface area contributed by atoms with Crippen LogP contribution in [0.25, 0.3) is 0 Å². The molecule has 0 atom stereocenters. The molecule has 0 aromatic heterocycles. The SMILES string of the molecule is C1=C/C(=C/NC2CCCCC2)N=C1CN(CC1=N/C(=C\NC2CCCCC2)C=C1)CC1=N/C(=C\NC2CCCCC2)C=C1.C1=C/C(=C/NC2CCCCC2)N=C1CN(CC1=N/C(=C\NC2CCCCC2)C=C1)CC1=N/C(=C\NC2CCCCC2)C=C1.O=S(=O)([O-])C(F)(F)F.O=S(=O)([O-])C(F)(F)F.[Mn+3].[Mn+3].[O-2].[O-2]. The second-order valence-corrected chi connectivity index (χ2v) is 30.9. The second kappa shape index (κ2) is 45.8. The number of halogens is 6. The summed E-state index contributed by atoms with van der Waals surface area (Å²) >= 11 is 0. The van der Waals surface area contributed by atoms with Gasteiger partial charge in [0.05, 0.1) is 68.5 Å². The van der Waals surface area contributed by atoms with Crippen LogP contribution in [0, 0.1) is 0 Å². The minimum Gasteiger partial charge on any atom is -2.00 e. The largest absolute Gasteiger partial charge is 3.00 e. The van der Waals surface area contributed by atoms with Gasteiger partial charge in [0, 0.05) is 113 Å². The third-order valence-electron chi connectivity index (χ3n) is 19.6. The first-order valence-electron chi connectivity index (χ1n) is 36.8. The maximum atomic E-state index is 10.7. The molecule has 6 N–H and O–H groups in total. The summed E-state index contributed by atoms with van der Waals surface area (Å²) in [5.41, 5.74) is 1.38. The summed E-state index contributed by atoms with van der Waals surface area (Å²) in [5, 5.41) is 21.7. The van der Waals surface area contributed by atoms with Crippen LogP contribution in [-0.4, -0.2) is 157 Å². The first kappa shape index (κ1) is 90.6. The van der Waals surface area contributed by atoms with Crippen LogP contribution < -0.4 is 31.9 Å². The van der Waals surface area contributed by atoms with Gasteiger partial charge in [-0.2, -0.15) is 26.3 Å². The summed E-state index contributed by atoms with van der Waals surface area (Å²) in [7, 11) is -12.2. The van der Waals surface area contributed by atoms with Gasteiger partial charge in [0.2, 0.25) is 0 Å². The van der Waals surface area contributed by atoms with E-state index in [9.17, 15) is 26.3 Å². The number of hydrogen-bond donors (Lipinski definition) is 6. The number of nitrogens with one attached hydrogen (secondary N) is 6. The quantitative estimate of drug-likeness (QED) is 0.0227. The van der Waals surface area contributed by atoms with E-state index in [2.05, 4.69) is 152 Å². The van der Waals surface area contributed by atoms with Gasteiger partial charge in [0.25, 0.3) is 0 Å². The topological polar surface area (TPSA) is 324 Å². The van der Waals surface area contributed by atoms with Crippen molar-refractivity contribution in [2.45, 2.75) is 240 Å². The Labute approximate surface area is 643 Å². The Morgan fingerprint density at radius 1 is 0.302 bits per heavy atom. The first-order valence-corrected chi connectivity index (χ1v) is 39.6. The predicted octanol–water partition coefficient (Wildman–Crippen LogP) is 13.1. The van der Waals surface area contributed by atoms with E-state index in [0.29, 0.717) is 36.3 Å². The van der Waals surface area contributed by atoms with Crippen molar-refractivity contribution < 1.29 is 97.4 Å². The molecule has 106 heavy (non-hydrogen) atoms. The number of aliphatic imine (C=N–C) groups is 6. The molecule has 6 saturated carbocycles. The summed E-state index contributed by atoms with van der Waals surface area (Å²) in [6.45, 7) is 4.56. The molecule has 6 aliphatic heterocycles. The summed E-state index contributed by atoms with van der Waals surface area (Å²) in [5.74, 6) is 0. The monoisotopic (exact) mass is 1600 g/mol. The van der Waals surface area contributed by atoms with Crippen molar-refractivity contribution in [3.8, 4) is 0 Å². The number of nitrogens with zero attached hydrogens (tertiary/aromatic N) is 8. The molecule has 0 aromatic carbocycles. The van der Waals surface area contributed by atoms with Gasteiger partial charge >= 0.3 is 45.2 Å². The minimum atomic E-state index is -6.09. The van der Waals surface area contributed by atoms with E-state index in [4.69, 9.17) is 55.9 Å². The zero-order valence-electron chi connectivity index (χ0n) is 60.0. The van der Waals surface area contributed by atoms with Gasteiger partial charge in [0.1, 0.15) is 0 Å². The van der Waals surface area contributed by atoms with Crippen LogP contribution in [0.2, 0.25) is 0 Å². The molecule has 12 rings (SSSR count). The third-order valence-corrected chi connectivity index (χ3v) is 20.8. The summed E-state index contributed by atoms with van der Waals surface area (Å²) in [6.07, 6.45) is 77.9. The van der Waals surface area contributed by atoms with Crippen molar-refractivity contribution >= 4 is 54.5 Å². The van der Waals surface area contributed by atoms with Gasteiger partial charge in [-0.25, -0.2) is 16.8 Å². The van der Waals surface area contributed by atoms with Crippen molar-refractivity contribution in [1.82, 2.24) is 41.7 Å². The molecule has 0 aromatic rings. The van der Waals surface area contributed by atoms with E-state index in [0.717, 1.165) is 108 Å². The van der Waals surface area contributed by atoms with Gasteiger partial charge in [-0.3, -0.25) is 39.8 Å². The predicted molar refractivity (Wildman–Crippen MR) is 394 cm³/mol. The van der Waals surface area contributed by atoms with E-state index in [-0.39, 0.29) is 45.1 Å². The molecule has 12 aliphatic rings. The van der Waals surface area contributed by atoms with E-state index < -0.39 is 31.3 Å². The minimum absolute atomic E-state index is 0. The van der Waals surface area contributed by atoms with Crippen molar-refractivity contribution in [3.05, 3.63) is 144 Å². The first-order chi connectivity index (χ1) is 49.0. The van der Waals surface area contributed by atoms with Crippen molar-refractivity contribution in [1.29, 1.82) is 0 Å². The maximum absolute atomic E-state index is 10.7. The van der Waals surface area contributed by atoms with Gasteiger partial charge in [-0.1, -0.05) is 116 Å². The summed E-state index contributed by atoms with van der Waals surface area (Å²) in [6, 6.07) is 3.55. The van der Waals surface area contributed by atoms with Gasteiger partial charge in [-0.05, 0) is 150 Å². The van der Waals surface area contributed by atoms with Crippen molar-refractivity contribution in [3.63, 3.8) is 0 Å². The fraction of sp³-hybridized carbons (Fsp3) is 0.595. The molecule has 0 amide bonds. The Bertz CT molecular complexity index is 3100. The molecule has 0 radical (unpaired) electrons. The average Bonchev–Trinajstić information content (AvgIpc) is 1.69. The normalized spacial score (nSPS) is 23.3. The molecule has 0 unspecified atom stereocenters. The zero-order valence-corrected chi connectivity index (χ0v) is 64.0. The second-order valence-electron chi connectivity index (χ2n) is 28.1. The Balaban J connectivity index is 0.000000306. The number of alkyl halides is 6. The van der Waals surface area contributed by atoms with Crippen molar-refractivity contribution in [2.75, 3.05) is 39.3 Å². The average molecular weight is 1600 g/mol. The third kappa shape index (κ3) is 32.7. The Kier molecular flexibility index (Phi) is 39.2. The van der Waals surface area contributed by atoms with E-state index in [1.165, 1.54) is 193 Å². The van der Waals surface area contributed by atoms with Crippen LogP contribution >= 0.6 is 0 Å². The molecule has 6 aliphatic carbocycles. The molecule has 0 saturated heterocycles. The van der Waals surface area contributed by atoms with Crippen LogP contribution in [-0.2, 0) is 65.3 Å². The van der Waals surface area contributed by atoms with E-state index in [1.807, 2.05) is 0 Å². The molecule has 0 bridgehead atoms. The van der Waals surface area contributed by atoms with Gasteiger partial charge in [-0.15, -0.1) is 0 Å². The molecule has 584 valence electrons. The number of allylic oxidation sites excluding steroid dienone is 6. The summed E-state index contributed by atoms with van der Waals surface area (Å²) in [4.78, 5) is 34.6. The van der Waals surface area contributed by atoms with E-state index in [1.54, 1.807) is 0 Å². The standard InChI is InChI=1S/2C36H51N7.2CHF3O3S.2Mn.2O/c2*1-4-10-28(11-5-1)37-22-31-16-19-34(40-31)25-43(26-35-20-17-32(41-35)23-38-29-12-6-2-7-13-29)27-36-21-18-33(42-36)24-39-30-14-8-3-9-15-30;2*2-1(3,4)8(5,6)7;;;;/h2*16-24,28-30,37-39H,1-15,25-27H2;2*(H,5,6,7);;;;/q;;;;2*+3;2*-2/p-2/b2*31-22-,32-23-,33-24-;;;;;;. The van der Waals surface area contributed by atoms with Crippen LogP contribution in [0.3, 0.4) is 0 Å². The molecular weight excluding hydrogens is 1500 g/mol. The molecule has 6 fully saturated rings. The molecular formula is C74H102F6Mn2N14O8S2.